The van der Waals surface area contributed by atoms with Crippen LogP contribution < -0.4 is 0 Å². The summed E-state index contributed by atoms with van der Waals surface area (Å²) in [5.41, 5.74) is 1.40. The Balaban J connectivity index is 2.08. The molecule has 1 aromatic heterocycles. The van der Waals surface area contributed by atoms with E-state index in [9.17, 15) is 9.59 Å². The minimum absolute atomic E-state index is 0.0232. The molecule has 0 atom stereocenters. The van der Waals surface area contributed by atoms with Gasteiger partial charge in [0, 0.05) is 17.5 Å². The van der Waals surface area contributed by atoms with Crippen LogP contribution in [0.2, 0.25) is 0 Å². The van der Waals surface area contributed by atoms with Crippen molar-refractivity contribution in [3.63, 3.8) is 0 Å². The van der Waals surface area contributed by atoms with E-state index in [-0.39, 0.29) is 18.6 Å². The highest BCUT2D eigenvalue weighted by atomic mass is 16.4. The summed E-state index contributed by atoms with van der Waals surface area (Å²) in [6.45, 7) is 0. The molecule has 0 aliphatic rings. The predicted molar refractivity (Wildman–Crippen MR) is 65.3 cm³/mol. The van der Waals surface area contributed by atoms with Gasteiger partial charge in [-0.25, -0.2) is 0 Å². The zero-order chi connectivity index (χ0) is 13.0. The summed E-state index contributed by atoms with van der Waals surface area (Å²) in [5, 5.41) is 8.51. The van der Waals surface area contributed by atoms with Gasteiger partial charge in [-0.1, -0.05) is 24.3 Å². The minimum Gasteiger partial charge on any atom is -0.481 e. The fourth-order valence-corrected chi connectivity index (χ4v) is 1.63. The zero-order valence-corrected chi connectivity index (χ0v) is 9.63. The van der Waals surface area contributed by atoms with Gasteiger partial charge in [-0.15, -0.1) is 0 Å². The van der Waals surface area contributed by atoms with E-state index in [1.54, 1.807) is 36.6 Å². The molecule has 0 amide bonds. The van der Waals surface area contributed by atoms with Crippen molar-refractivity contribution in [3.05, 3.63) is 48.2 Å². The molecule has 0 unspecified atom stereocenters. The molecular weight excluding hydrogens is 232 g/mol. The number of hydrogen-bond donors (Lipinski definition) is 1. The number of Topliss-reactive ketones (excluding diaryl/α,β-unsaturated/α-hetero) is 1. The molecule has 0 fully saturated rings. The Hall–Kier alpha value is -2.36. The van der Waals surface area contributed by atoms with Crippen LogP contribution in [-0.4, -0.2) is 16.9 Å². The van der Waals surface area contributed by atoms with Gasteiger partial charge in [0.05, 0.1) is 12.7 Å². The Labute approximate surface area is 104 Å². The Kier molecular flexibility index (Phi) is 3.57. The van der Waals surface area contributed by atoms with Gasteiger partial charge in [-0.2, -0.15) is 0 Å². The van der Waals surface area contributed by atoms with Gasteiger partial charge in [-0.05, 0) is 12.1 Å². The topological polar surface area (TPSA) is 67.5 Å². The van der Waals surface area contributed by atoms with Crippen molar-refractivity contribution in [3.8, 4) is 11.3 Å². The summed E-state index contributed by atoms with van der Waals surface area (Å²) in [5.74, 6) is -0.390. The van der Waals surface area contributed by atoms with Gasteiger partial charge in [-0.3, -0.25) is 9.59 Å². The quantitative estimate of drug-likeness (QED) is 0.821. The lowest BCUT2D eigenvalue weighted by Crippen LogP contribution is -2.03. The summed E-state index contributed by atoms with van der Waals surface area (Å²) in [6.07, 6.45) is 1.47. The zero-order valence-electron chi connectivity index (χ0n) is 9.63. The van der Waals surface area contributed by atoms with E-state index >= 15 is 0 Å². The highest BCUT2D eigenvalue weighted by Gasteiger charge is 2.09. The van der Waals surface area contributed by atoms with Crippen molar-refractivity contribution >= 4 is 11.8 Å². The Morgan fingerprint density at radius 2 is 1.78 bits per heavy atom. The van der Waals surface area contributed by atoms with E-state index in [0.29, 0.717) is 5.56 Å². The summed E-state index contributed by atoms with van der Waals surface area (Å²) in [4.78, 5) is 22.0. The van der Waals surface area contributed by atoms with E-state index < -0.39 is 5.97 Å². The van der Waals surface area contributed by atoms with Gasteiger partial charge < -0.3 is 9.52 Å². The third-order valence-corrected chi connectivity index (χ3v) is 2.58. The van der Waals surface area contributed by atoms with E-state index in [1.807, 2.05) is 6.07 Å². The van der Waals surface area contributed by atoms with Crippen LogP contribution in [0, 0.1) is 0 Å². The lowest BCUT2D eigenvalue weighted by molar-refractivity contribution is -0.136. The summed E-state index contributed by atoms with van der Waals surface area (Å²) < 4.78 is 5.24. The average molecular weight is 244 g/mol. The monoisotopic (exact) mass is 244 g/mol. The Bertz CT molecular complexity index is 538. The van der Waals surface area contributed by atoms with Crippen molar-refractivity contribution in [1.82, 2.24) is 0 Å². The second-order valence-electron chi connectivity index (χ2n) is 3.87. The van der Waals surface area contributed by atoms with Crippen LogP contribution in [0.5, 0.6) is 0 Å². The molecule has 0 aliphatic carbocycles. The Morgan fingerprint density at radius 3 is 2.33 bits per heavy atom. The number of benzene rings is 1. The van der Waals surface area contributed by atoms with Crippen LogP contribution in [0.1, 0.15) is 23.2 Å². The number of furan rings is 1. The van der Waals surface area contributed by atoms with Crippen molar-refractivity contribution in [1.29, 1.82) is 0 Å². The largest absolute Gasteiger partial charge is 0.481 e. The molecule has 4 heteroatoms. The maximum atomic E-state index is 11.7. The maximum Gasteiger partial charge on any atom is 0.303 e. The number of aliphatic carboxylic acids is 1. The molecule has 1 N–H and O–H groups in total. The molecule has 2 aromatic rings. The highest BCUT2D eigenvalue weighted by molar-refractivity contribution is 5.97. The lowest BCUT2D eigenvalue weighted by atomic mass is 10.0. The van der Waals surface area contributed by atoms with Crippen molar-refractivity contribution in [2.75, 3.05) is 0 Å². The molecule has 0 spiro atoms. The van der Waals surface area contributed by atoms with E-state index in [1.165, 1.54) is 0 Å². The van der Waals surface area contributed by atoms with Gasteiger partial charge in [0.25, 0.3) is 0 Å². The predicted octanol–water partition coefficient (Wildman–Crippen LogP) is 2.99. The minimum atomic E-state index is -0.962. The van der Waals surface area contributed by atoms with Crippen LogP contribution >= 0.6 is 0 Å². The van der Waals surface area contributed by atoms with E-state index in [4.69, 9.17) is 9.52 Å². The second-order valence-corrected chi connectivity index (χ2v) is 3.87. The molecular formula is C14H12O4. The van der Waals surface area contributed by atoms with Crippen molar-refractivity contribution < 1.29 is 19.1 Å². The van der Waals surface area contributed by atoms with Gasteiger partial charge in [0.1, 0.15) is 5.76 Å². The molecule has 1 aromatic carbocycles. The number of carboxylic acids is 1. The van der Waals surface area contributed by atoms with Crippen LogP contribution in [0.15, 0.2) is 47.1 Å². The first-order valence-electron chi connectivity index (χ1n) is 5.56. The van der Waals surface area contributed by atoms with Gasteiger partial charge >= 0.3 is 5.97 Å². The summed E-state index contributed by atoms with van der Waals surface area (Å²) in [7, 11) is 0. The van der Waals surface area contributed by atoms with Crippen LogP contribution in [0.4, 0.5) is 0 Å². The normalized spacial score (nSPS) is 10.2. The average Bonchev–Trinajstić information content (AvgIpc) is 2.90. The number of carbonyl (C=O) groups is 2. The Morgan fingerprint density at radius 1 is 1.06 bits per heavy atom. The van der Waals surface area contributed by atoms with Gasteiger partial charge in [0.2, 0.25) is 0 Å². The van der Waals surface area contributed by atoms with E-state index in [0.717, 1.165) is 11.3 Å². The summed E-state index contributed by atoms with van der Waals surface area (Å²) in [6, 6.07) is 10.6. The first-order chi connectivity index (χ1) is 8.66. The fraction of sp³-hybridized carbons (Fsp3) is 0.143. The standard InChI is InChI=1S/C14H12O4/c15-12(7-8-14(16)17)10-3-5-11(6-4-10)13-2-1-9-18-13/h1-6,9H,7-8H2,(H,16,17). The number of carboxylic acid groups (broad SMARTS) is 1. The molecule has 0 saturated heterocycles. The molecule has 0 aliphatic heterocycles. The van der Waals surface area contributed by atoms with Crippen molar-refractivity contribution in [2.24, 2.45) is 0 Å². The molecule has 92 valence electrons. The number of ketones is 1. The molecule has 4 nitrogen and oxygen atoms in total. The molecule has 0 saturated carbocycles. The van der Waals surface area contributed by atoms with Gasteiger partial charge in [0.15, 0.2) is 5.78 Å². The lowest BCUT2D eigenvalue weighted by Gasteiger charge is -2.01. The van der Waals surface area contributed by atoms with E-state index in [2.05, 4.69) is 0 Å². The third kappa shape index (κ3) is 2.85. The second kappa shape index (κ2) is 5.31. The molecule has 0 radical (unpaired) electrons. The number of carbonyl (C=O) groups excluding carboxylic acids is 1. The maximum absolute atomic E-state index is 11.7. The van der Waals surface area contributed by atoms with Crippen LogP contribution in [0.3, 0.4) is 0 Å². The smallest absolute Gasteiger partial charge is 0.303 e. The van der Waals surface area contributed by atoms with Crippen LogP contribution in [-0.2, 0) is 4.79 Å². The summed E-state index contributed by atoms with van der Waals surface area (Å²) >= 11 is 0. The third-order valence-electron chi connectivity index (χ3n) is 2.58. The fourth-order valence-electron chi connectivity index (χ4n) is 1.63. The van der Waals surface area contributed by atoms with Crippen molar-refractivity contribution in [2.45, 2.75) is 12.8 Å². The molecule has 0 bridgehead atoms. The molecule has 18 heavy (non-hydrogen) atoms. The highest BCUT2D eigenvalue weighted by Crippen LogP contribution is 2.20. The number of hydrogen-bond acceptors (Lipinski definition) is 3. The SMILES string of the molecule is O=C(O)CCC(=O)c1ccc(-c2ccco2)cc1. The number of rotatable bonds is 5. The molecule has 2 rings (SSSR count). The first kappa shape index (κ1) is 12.1. The van der Waals surface area contributed by atoms with Crippen LogP contribution in [0.25, 0.3) is 11.3 Å². The first-order valence-corrected chi connectivity index (χ1v) is 5.56. The molecule has 1 heterocycles.